The van der Waals surface area contributed by atoms with Gasteiger partial charge >= 0.3 is 5.97 Å². The number of unbranched alkanes of at least 4 members (excludes halogenated alkanes) is 31. The molecule has 0 aliphatic carbocycles. The van der Waals surface area contributed by atoms with Gasteiger partial charge in [-0.25, -0.2) is 0 Å². The molecule has 6 nitrogen and oxygen atoms in total. The van der Waals surface area contributed by atoms with Crippen LogP contribution in [0.5, 0.6) is 0 Å². The Morgan fingerprint density at radius 3 is 1.20 bits per heavy atom. The van der Waals surface area contributed by atoms with Gasteiger partial charge in [-0.05, 0) is 89.9 Å². The van der Waals surface area contributed by atoms with Crippen LogP contribution in [0.15, 0.2) is 48.6 Å². The van der Waals surface area contributed by atoms with Crippen LogP contribution in [0.2, 0.25) is 0 Å². The molecule has 0 rings (SSSR count). The van der Waals surface area contributed by atoms with Crippen molar-refractivity contribution in [2.24, 2.45) is 0 Å². The first kappa shape index (κ1) is 62.8. The van der Waals surface area contributed by atoms with Crippen molar-refractivity contribution in [3.05, 3.63) is 48.6 Å². The first-order chi connectivity index (χ1) is 32.0. The van der Waals surface area contributed by atoms with Crippen molar-refractivity contribution in [2.75, 3.05) is 6.61 Å². The average molecular weight is 913 g/mol. The lowest BCUT2D eigenvalue weighted by Crippen LogP contribution is -2.46. The van der Waals surface area contributed by atoms with Gasteiger partial charge in [0.25, 0.3) is 0 Å². The van der Waals surface area contributed by atoms with Crippen LogP contribution in [-0.2, 0) is 14.3 Å². The molecular weight excluding hydrogens is 803 g/mol. The monoisotopic (exact) mass is 912 g/mol. The highest BCUT2D eigenvalue weighted by molar-refractivity contribution is 5.77. The van der Waals surface area contributed by atoms with Crippen molar-refractivity contribution in [2.45, 2.75) is 309 Å². The molecule has 0 aliphatic rings. The van der Waals surface area contributed by atoms with E-state index in [0.29, 0.717) is 19.3 Å². The largest absolute Gasteiger partial charge is 0.462 e. The number of ether oxygens (including phenoxy) is 1. The van der Waals surface area contributed by atoms with Gasteiger partial charge in [-0.15, -0.1) is 0 Å². The molecule has 0 radical (unpaired) electrons. The number of hydrogen-bond donors (Lipinski definition) is 3. The van der Waals surface area contributed by atoms with E-state index in [-0.39, 0.29) is 24.9 Å². The second kappa shape index (κ2) is 52.8. The van der Waals surface area contributed by atoms with Crippen molar-refractivity contribution in [1.29, 1.82) is 0 Å². The summed E-state index contributed by atoms with van der Waals surface area (Å²) < 4.78 is 5.95. The Kier molecular flexibility index (Phi) is 51.0. The lowest BCUT2D eigenvalue weighted by Gasteiger charge is -2.24. The summed E-state index contributed by atoms with van der Waals surface area (Å²) in [6.07, 6.45) is 64.5. The second-order valence-corrected chi connectivity index (χ2v) is 19.3. The molecule has 3 N–H and O–H groups in total. The Morgan fingerprint density at radius 1 is 0.446 bits per heavy atom. The Morgan fingerprint density at radius 2 is 0.785 bits per heavy atom. The summed E-state index contributed by atoms with van der Waals surface area (Å²) in [6.45, 7) is 6.45. The zero-order valence-electron chi connectivity index (χ0n) is 43.4. The van der Waals surface area contributed by atoms with E-state index in [9.17, 15) is 19.8 Å². The van der Waals surface area contributed by atoms with Crippen LogP contribution in [0.1, 0.15) is 290 Å². The van der Waals surface area contributed by atoms with Crippen LogP contribution in [0.4, 0.5) is 0 Å². The topological polar surface area (TPSA) is 95.9 Å². The van der Waals surface area contributed by atoms with E-state index >= 15 is 0 Å². The van der Waals surface area contributed by atoms with Crippen molar-refractivity contribution in [3.8, 4) is 0 Å². The molecule has 0 spiro atoms. The third kappa shape index (κ3) is 48.1. The molecule has 0 aromatic carbocycles. The number of allylic oxidation sites excluding steroid dienone is 8. The smallest absolute Gasteiger partial charge is 0.306 e. The highest BCUT2D eigenvalue weighted by Crippen LogP contribution is 2.18. The summed E-state index contributed by atoms with van der Waals surface area (Å²) in [5.41, 5.74) is 0. The van der Waals surface area contributed by atoms with Gasteiger partial charge in [0.2, 0.25) is 5.91 Å². The number of amides is 1. The molecule has 65 heavy (non-hydrogen) atoms. The molecule has 0 aromatic heterocycles. The van der Waals surface area contributed by atoms with Gasteiger partial charge in [0.15, 0.2) is 0 Å². The van der Waals surface area contributed by atoms with Crippen LogP contribution < -0.4 is 5.32 Å². The van der Waals surface area contributed by atoms with E-state index in [1.807, 2.05) is 0 Å². The molecular formula is C59H109NO5. The molecule has 0 bridgehead atoms. The maximum atomic E-state index is 13.3. The van der Waals surface area contributed by atoms with Gasteiger partial charge in [0.05, 0.1) is 25.2 Å². The Bertz CT molecular complexity index is 1110. The summed E-state index contributed by atoms with van der Waals surface area (Å²) in [6, 6.07) is -0.708. The van der Waals surface area contributed by atoms with E-state index in [1.54, 1.807) is 0 Å². The lowest BCUT2D eigenvalue weighted by atomic mass is 10.0. The highest BCUT2D eigenvalue weighted by Gasteiger charge is 2.24. The van der Waals surface area contributed by atoms with Gasteiger partial charge in [-0.3, -0.25) is 9.59 Å². The normalized spacial score (nSPS) is 13.5. The number of aliphatic hydroxyl groups excluding tert-OH is 2. The number of nitrogens with one attached hydrogen (secondary N) is 1. The minimum Gasteiger partial charge on any atom is -0.462 e. The van der Waals surface area contributed by atoms with E-state index < -0.39 is 18.2 Å². The van der Waals surface area contributed by atoms with Crippen molar-refractivity contribution < 1.29 is 24.5 Å². The number of carbonyl (C=O) groups is 2. The van der Waals surface area contributed by atoms with Gasteiger partial charge in [-0.1, -0.05) is 236 Å². The predicted octanol–water partition coefficient (Wildman–Crippen LogP) is 17.4. The second-order valence-electron chi connectivity index (χ2n) is 19.3. The summed E-state index contributed by atoms with van der Waals surface area (Å²) in [5.74, 6) is -0.487. The van der Waals surface area contributed by atoms with E-state index in [0.717, 1.165) is 83.5 Å². The van der Waals surface area contributed by atoms with Crippen molar-refractivity contribution in [3.63, 3.8) is 0 Å². The molecule has 3 unspecified atom stereocenters. The summed E-state index contributed by atoms with van der Waals surface area (Å²) in [5, 5.41) is 23.9. The van der Waals surface area contributed by atoms with Crippen molar-refractivity contribution >= 4 is 11.9 Å². The fourth-order valence-electron chi connectivity index (χ4n) is 8.55. The highest BCUT2D eigenvalue weighted by atomic mass is 16.5. The molecule has 0 fully saturated rings. The maximum Gasteiger partial charge on any atom is 0.306 e. The zero-order valence-corrected chi connectivity index (χ0v) is 43.4. The molecule has 380 valence electrons. The number of rotatable bonds is 51. The predicted molar refractivity (Wildman–Crippen MR) is 282 cm³/mol. The van der Waals surface area contributed by atoms with Gasteiger partial charge < -0.3 is 20.3 Å². The molecule has 0 aliphatic heterocycles. The quantitative estimate of drug-likeness (QED) is 0.0321. The summed E-state index contributed by atoms with van der Waals surface area (Å²) >= 11 is 0. The number of carbonyl (C=O) groups excluding carboxylic acids is 2. The van der Waals surface area contributed by atoms with E-state index in [1.165, 1.54) is 161 Å². The minimum absolute atomic E-state index is 0.0661. The van der Waals surface area contributed by atoms with Crippen LogP contribution in [0, 0.1) is 0 Å². The molecule has 3 atom stereocenters. The standard InChI is InChI=1S/C59H109NO5/c1-4-7-10-13-16-19-22-25-28-29-31-34-37-40-43-46-49-52-59(64)65-55(50-47-44-41-38-35-32-30-26-23-20-17-14-11-8-5-2)53-58(63)60-56(54-61)57(62)51-48-45-42-39-36-33-27-24-21-18-15-12-9-6-3/h16-17,19-20,25-26,28,30,55-57,61-62H,4-15,18,21-24,27,29,31-54H2,1-3H3,(H,60,63)/b19-16-,20-17-,28-25-,30-26-. The first-order valence-electron chi connectivity index (χ1n) is 28.4. The molecule has 6 heteroatoms. The molecule has 0 saturated carbocycles. The van der Waals surface area contributed by atoms with Crippen LogP contribution in [0.25, 0.3) is 0 Å². The van der Waals surface area contributed by atoms with Crippen molar-refractivity contribution in [1.82, 2.24) is 5.32 Å². The number of esters is 1. The van der Waals surface area contributed by atoms with Crippen LogP contribution in [-0.4, -0.2) is 46.9 Å². The van der Waals surface area contributed by atoms with E-state index in [2.05, 4.69) is 74.7 Å². The number of hydrogen-bond acceptors (Lipinski definition) is 5. The Balaban J connectivity index is 4.58. The third-order valence-corrected chi connectivity index (χ3v) is 12.9. The Labute approximate surface area is 404 Å². The van der Waals surface area contributed by atoms with Gasteiger partial charge in [0.1, 0.15) is 6.10 Å². The molecule has 0 heterocycles. The lowest BCUT2D eigenvalue weighted by molar-refractivity contribution is -0.151. The number of aliphatic hydroxyl groups is 2. The van der Waals surface area contributed by atoms with Gasteiger partial charge in [0, 0.05) is 6.42 Å². The van der Waals surface area contributed by atoms with E-state index in [4.69, 9.17) is 4.74 Å². The summed E-state index contributed by atoms with van der Waals surface area (Å²) in [4.78, 5) is 26.3. The average Bonchev–Trinajstić information content (AvgIpc) is 3.30. The summed E-state index contributed by atoms with van der Waals surface area (Å²) in [7, 11) is 0. The SMILES string of the molecule is CCCCC/C=C\C/C=C\CCCCCCCCCC(=O)OC(CCCCCCC/C=C\C/C=C\CCCCC)CC(=O)NC(CO)C(O)CCCCCCCCCCCCCCCC. The molecule has 1 amide bonds. The molecule has 0 saturated heterocycles. The van der Waals surface area contributed by atoms with Crippen LogP contribution >= 0.6 is 0 Å². The van der Waals surface area contributed by atoms with Crippen LogP contribution in [0.3, 0.4) is 0 Å². The Hall–Kier alpha value is -2.18. The maximum absolute atomic E-state index is 13.3. The van der Waals surface area contributed by atoms with Gasteiger partial charge in [-0.2, -0.15) is 0 Å². The fourth-order valence-corrected chi connectivity index (χ4v) is 8.55. The third-order valence-electron chi connectivity index (χ3n) is 12.9. The molecule has 0 aromatic rings. The zero-order chi connectivity index (χ0) is 47.4. The first-order valence-corrected chi connectivity index (χ1v) is 28.4. The fraction of sp³-hybridized carbons (Fsp3) is 0.831. The minimum atomic E-state index is -0.793.